The molecule has 0 bridgehead atoms. The molecule has 0 heterocycles. The van der Waals surface area contributed by atoms with Crippen molar-refractivity contribution < 1.29 is 10.0 Å². The minimum Gasteiger partial charge on any atom is -0.508 e. The van der Waals surface area contributed by atoms with Crippen molar-refractivity contribution in [3.63, 3.8) is 0 Å². The quantitative estimate of drug-likeness (QED) is 0.503. The number of aromatic hydroxyl groups is 1. The molecule has 5 nitrogen and oxygen atoms in total. The molecular weight excluding hydrogens is 160 g/mol. The molecule has 5 heteroatoms. The summed E-state index contributed by atoms with van der Waals surface area (Å²) < 4.78 is 0. The summed E-state index contributed by atoms with van der Waals surface area (Å²) >= 11 is 0. The minimum absolute atomic E-state index is 0.0938. The highest BCUT2D eigenvalue weighted by atomic mass is 16.6. The monoisotopic (exact) mass is 168 g/mol. The highest BCUT2D eigenvalue weighted by Gasteiger charge is 2.12. The molecule has 0 aromatic heterocycles. The molecule has 0 aliphatic carbocycles. The Morgan fingerprint density at radius 2 is 2.25 bits per heavy atom. The first kappa shape index (κ1) is 8.48. The number of nitrogens with zero attached hydrogens (tertiary/aromatic N) is 1. The predicted octanol–water partition coefficient (Wildman–Crippen LogP) is 0.759. The molecule has 0 amide bonds. The van der Waals surface area contributed by atoms with Gasteiger partial charge < -0.3 is 10.8 Å². The molecule has 0 fully saturated rings. The minimum atomic E-state index is -0.568. The maximum atomic E-state index is 10.4. The molecule has 3 N–H and O–H groups in total. The van der Waals surface area contributed by atoms with Crippen molar-refractivity contribution in [3.05, 3.63) is 33.9 Å². The second-order valence-electron chi connectivity index (χ2n) is 2.27. The number of phenolic OH excluding ortho intramolecular Hbond substituents is 1. The Hall–Kier alpha value is -1.62. The lowest BCUT2D eigenvalue weighted by Gasteiger charge is -1.98. The molecule has 0 radical (unpaired) electrons. The zero-order chi connectivity index (χ0) is 9.14. The van der Waals surface area contributed by atoms with Crippen LogP contribution in [0.3, 0.4) is 0 Å². The van der Waals surface area contributed by atoms with Gasteiger partial charge in [-0.3, -0.25) is 10.1 Å². The first-order valence-corrected chi connectivity index (χ1v) is 3.31. The van der Waals surface area contributed by atoms with Gasteiger partial charge in [0.2, 0.25) is 0 Å². The van der Waals surface area contributed by atoms with E-state index in [1.54, 1.807) is 0 Å². The van der Waals surface area contributed by atoms with Gasteiger partial charge in [-0.25, -0.2) is 0 Å². The summed E-state index contributed by atoms with van der Waals surface area (Å²) in [5, 5.41) is 19.3. The molecular formula is C7H8N2O3. The molecule has 0 aliphatic heterocycles. The summed E-state index contributed by atoms with van der Waals surface area (Å²) in [7, 11) is 0. The molecule has 0 atom stereocenters. The van der Waals surface area contributed by atoms with Gasteiger partial charge >= 0.3 is 0 Å². The highest BCUT2D eigenvalue weighted by molar-refractivity contribution is 5.45. The molecule has 1 aromatic rings. The second-order valence-corrected chi connectivity index (χ2v) is 2.27. The van der Waals surface area contributed by atoms with Crippen molar-refractivity contribution in [2.45, 2.75) is 6.54 Å². The third kappa shape index (κ3) is 1.51. The van der Waals surface area contributed by atoms with Gasteiger partial charge in [-0.05, 0) is 12.1 Å². The predicted molar refractivity (Wildman–Crippen MR) is 42.7 cm³/mol. The zero-order valence-electron chi connectivity index (χ0n) is 6.23. The Bertz CT molecular complexity index is 312. The van der Waals surface area contributed by atoms with Gasteiger partial charge in [0.15, 0.2) is 0 Å². The Labute approximate surface area is 68.6 Å². The van der Waals surface area contributed by atoms with Crippen molar-refractivity contribution in [1.29, 1.82) is 0 Å². The van der Waals surface area contributed by atoms with Crippen LogP contribution < -0.4 is 5.73 Å². The van der Waals surface area contributed by atoms with E-state index in [1.165, 1.54) is 12.1 Å². The molecule has 0 unspecified atom stereocenters. The number of nitro groups is 1. The van der Waals surface area contributed by atoms with E-state index in [0.717, 1.165) is 6.07 Å². The van der Waals surface area contributed by atoms with Crippen LogP contribution in [0.4, 0.5) is 5.69 Å². The van der Waals surface area contributed by atoms with Crippen LogP contribution in [-0.4, -0.2) is 10.0 Å². The lowest BCUT2D eigenvalue weighted by atomic mass is 10.2. The number of nitro benzene ring substituents is 1. The fourth-order valence-electron chi connectivity index (χ4n) is 0.895. The van der Waals surface area contributed by atoms with Crippen molar-refractivity contribution in [2.24, 2.45) is 5.73 Å². The van der Waals surface area contributed by atoms with Gasteiger partial charge in [0.25, 0.3) is 5.69 Å². The SMILES string of the molecule is NCc1ccc(O)cc1[N+](=O)[O-]. The number of benzene rings is 1. The first-order valence-electron chi connectivity index (χ1n) is 3.31. The van der Waals surface area contributed by atoms with Gasteiger partial charge in [-0.15, -0.1) is 0 Å². The Kier molecular flexibility index (Phi) is 2.25. The van der Waals surface area contributed by atoms with Crippen LogP contribution in [0.25, 0.3) is 0 Å². The fraction of sp³-hybridized carbons (Fsp3) is 0.143. The third-order valence-corrected chi connectivity index (χ3v) is 1.49. The zero-order valence-corrected chi connectivity index (χ0v) is 6.23. The van der Waals surface area contributed by atoms with Gasteiger partial charge in [-0.1, -0.05) is 0 Å². The van der Waals surface area contributed by atoms with E-state index < -0.39 is 4.92 Å². The second kappa shape index (κ2) is 3.19. The number of hydrogen-bond acceptors (Lipinski definition) is 4. The number of phenols is 1. The smallest absolute Gasteiger partial charge is 0.277 e. The third-order valence-electron chi connectivity index (χ3n) is 1.49. The summed E-state index contributed by atoms with van der Waals surface area (Å²) in [4.78, 5) is 9.80. The van der Waals surface area contributed by atoms with Gasteiger partial charge in [0, 0.05) is 12.1 Å². The number of nitrogens with two attached hydrogens (primary N) is 1. The largest absolute Gasteiger partial charge is 0.508 e. The summed E-state index contributed by atoms with van der Waals surface area (Å²) in [5.74, 6) is -0.126. The van der Waals surface area contributed by atoms with E-state index in [9.17, 15) is 10.1 Å². The number of hydrogen-bond donors (Lipinski definition) is 2. The summed E-state index contributed by atoms with van der Waals surface area (Å²) in [6.45, 7) is 0.0938. The van der Waals surface area contributed by atoms with Gasteiger partial charge in [0.05, 0.1) is 11.0 Å². The van der Waals surface area contributed by atoms with E-state index in [-0.39, 0.29) is 18.0 Å². The average molecular weight is 168 g/mol. The molecule has 0 saturated heterocycles. The topological polar surface area (TPSA) is 89.4 Å². The van der Waals surface area contributed by atoms with E-state index in [2.05, 4.69) is 0 Å². The maximum absolute atomic E-state index is 10.4. The lowest BCUT2D eigenvalue weighted by Crippen LogP contribution is -2.01. The molecule has 1 aromatic carbocycles. The molecule has 0 spiro atoms. The molecule has 12 heavy (non-hydrogen) atoms. The summed E-state index contributed by atoms with van der Waals surface area (Å²) in [6, 6.07) is 3.89. The fourth-order valence-corrected chi connectivity index (χ4v) is 0.895. The van der Waals surface area contributed by atoms with E-state index in [1.807, 2.05) is 0 Å². The average Bonchev–Trinajstić information content (AvgIpc) is 2.04. The Balaban J connectivity index is 3.21. The van der Waals surface area contributed by atoms with E-state index >= 15 is 0 Å². The van der Waals surface area contributed by atoms with Crippen LogP contribution >= 0.6 is 0 Å². The van der Waals surface area contributed by atoms with E-state index in [0.29, 0.717) is 5.56 Å². The van der Waals surface area contributed by atoms with Crippen LogP contribution in [0.15, 0.2) is 18.2 Å². The normalized spacial score (nSPS) is 9.75. The maximum Gasteiger partial charge on any atom is 0.277 e. The van der Waals surface area contributed by atoms with Crippen LogP contribution in [0, 0.1) is 10.1 Å². The molecule has 0 saturated carbocycles. The lowest BCUT2D eigenvalue weighted by molar-refractivity contribution is -0.385. The summed E-state index contributed by atoms with van der Waals surface area (Å²) in [6.07, 6.45) is 0. The van der Waals surface area contributed by atoms with Crippen LogP contribution in [0.1, 0.15) is 5.56 Å². The van der Waals surface area contributed by atoms with Crippen molar-refractivity contribution in [3.8, 4) is 5.75 Å². The van der Waals surface area contributed by atoms with Crippen LogP contribution in [-0.2, 0) is 6.54 Å². The van der Waals surface area contributed by atoms with Gasteiger partial charge in [0.1, 0.15) is 5.75 Å². The van der Waals surface area contributed by atoms with Gasteiger partial charge in [-0.2, -0.15) is 0 Å². The number of rotatable bonds is 2. The summed E-state index contributed by atoms with van der Waals surface area (Å²) in [5.41, 5.74) is 5.53. The van der Waals surface area contributed by atoms with Crippen LogP contribution in [0.5, 0.6) is 5.75 Å². The highest BCUT2D eigenvalue weighted by Crippen LogP contribution is 2.22. The van der Waals surface area contributed by atoms with E-state index in [4.69, 9.17) is 10.8 Å². The van der Waals surface area contributed by atoms with Crippen molar-refractivity contribution in [1.82, 2.24) is 0 Å². The molecule has 0 aliphatic rings. The van der Waals surface area contributed by atoms with Crippen LogP contribution in [0.2, 0.25) is 0 Å². The Morgan fingerprint density at radius 3 is 2.75 bits per heavy atom. The van der Waals surface area contributed by atoms with Crippen molar-refractivity contribution >= 4 is 5.69 Å². The van der Waals surface area contributed by atoms with Crippen molar-refractivity contribution in [2.75, 3.05) is 0 Å². The Morgan fingerprint density at radius 1 is 1.58 bits per heavy atom. The standard InChI is InChI=1S/C7H8N2O3/c8-4-5-1-2-6(10)3-7(5)9(11)12/h1-3,10H,4,8H2. The first-order chi connectivity index (χ1) is 5.65. The molecule has 64 valence electrons. The molecule has 1 rings (SSSR count).